The molecule has 0 bridgehead atoms. The third-order valence-corrected chi connectivity index (χ3v) is 6.14. The molecule has 1 aliphatic heterocycles. The highest BCUT2D eigenvalue weighted by Crippen LogP contribution is 2.42. The fourth-order valence-electron chi connectivity index (χ4n) is 4.43. The Hall–Kier alpha value is -3.38. The van der Waals surface area contributed by atoms with Crippen LogP contribution >= 0.6 is 0 Å². The van der Waals surface area contributed by atoms with Gasteiger partial charge >= 0.3 is 5.97 Å². The standard InChI is InChI=1S/C23H25N3O6/c24-14-18-21(16-5-1-2-6-17(16)32-18)25-19(27)15-31-22(29)23(7-3-4-8-23)13-20(28)26-9-11-30-12-10-26/h1-2,5-6H,3-4,7-13,15H2,(H,25,27). The van der Waals surface area contributed by atoms with Crippen LogP contribution in [-0.4, -0.2) is 55.6 Å². The van der Waals surface area contributed by atoms with E-state index in [9.17, 15) is 19.6 Å². The smallest absolute Gasteiger partial charge is 0.313 e. The van der Waals surface area contributed by atoms with Gasteiger partial charge in [-0.15, -0.1) is 0 Å². The van der Waals surface area contributed by atoms with Crippen LogP contribution in [0.1, 0.15) is 37.9 Å². The minimum atomic E-state index is -0.893. The number of nitrogens with zero attached hydrogens (tertiary/aromatic N) is 2. The number of hydrogen-bond donors (Lipinski definition) is 1. The fraction of sp³-hybridized carbons (Fsp3) is 0.478. The lowest BCUT2D eigenvalue weighted by atomic mass is 9.82. The van der Waals surface area contributed by atoms with E-state index < -0.39 is 23.9 Å². The van der Waals surface area contributed by atoms with Crippen molar-refractivity contribution in [2.45, 2.75) is 32.1 Å². The largest absolute Gasteiger partial charge is 0.455 e. The van der Waals surface area contributed by atoms with E-state index >= 15 is 0 Å². The lowest BCUT2D eigenvalue weighted by Gasteiger charge is -2.31. The molecule has 1 aromatic carbocycles. The zero-order valence-electron chi connectivity index (χ0n) is 17.7. The number of anilines is 1. The quantitative estimate of drug-likeness (QED) is 0.687. The zero-order chi connectivity index (χ0) is 22.6. The number of nitrogens with one attached hydrogen (secondary N) is 1. The number of fused-ring (bicyclic) bond motifs is 1. The number of esters is 1. The molecule has 2 aliphatic rings. The van der Waals surface area contributed by atoms with Gasteiger partial charge in [-0.2, -0.15) is 5.26 Å². The summed E-state index contributed by atoms with van der Waals surface area (Å²) in [5.74, 6) is -1.20. The van der Waals surface area contributed by atoms with Crippen molar-refractivity contribution in [3.63, 3.8) is 0 Å². The number of ether oxygens (including phenoxy) is 2. The number of nitriles is 1. The third-order valence-electron chi connectivity index (χ3n) is 6.14. The van der Waals surface area contributed by atoms with Crippen LogP contribution < -0.4 is 5.32 Å². The van der Waals surface area contributed by atoms with E-state index in [-0.39, 0.29) is 23.8 Å². The first kappa shape index (κ1) is 21.8. The normalized spacial score (nSPS) is 17.7. The Labute approximate surface area is 185 Å². The number of carbonyl (C=O) groups is 3. The summed E-state index contributed by atoms with van der Waals surface area (Å²) in [5.41, 5.74) is -0.166. The lowest BCUT2D eigenvalue weighted by Crippen LogP contribution is -2.44. The predicted molar refractivity (Wildman–Crippen MR) is 113 cm³/mol. The van der Waals surface area contributed by atoms with Crippen molar-refractivity contribution < 1.29 is 28.3 Å². The summed E-state index contributed by atoms with van der Waals surface area (Å²) in [7, 11) is 0. The van der Waals surface area contributed by atoms with E-state index in [0.29, 0.717) is 50.1 Å². The maximum absolute atomic E-state index is 13.0. The Kier molecular flexibility index (Phi) is 6.42. The minimum Gasteiger partial charge on any atom is -0.455 e. The molecule has 9 heteroatoms. The van der Waals surface area contributed by atoms with Gasteiger partial charge in [0.2, 0.25) is 11.7 Å². The summed E-state index contributed by atoms with van der Waals surface area (Å²) in [6.07, 6.45) is 2.88. The average molecular weight is 439 g/mol. The van der Waals surface area contributed by atoms with Gasteiger partial charge in [0.15, 0.2) is 6.61 Å². The highest BCUT2D eigenvalue weighted by Gasteiger charge is 2.45. The summed E-state index contributed by atoms with van der Waals surface area (Å²) in [5, 5.41) is 12.5. The molecular weight excluding hydrogens is 414 g/mol. The number of morpholine rings is 1. The van der Waals surface area contributed by atoms with Gasteiger partial charge in [0, 0.05) is 24.9 Å². The van der Waals surface area contributed by atoms with Crippen LogP contribution in [0.2, 0.25) is 0 Å². The van der Waals surface area contributed by atoms with Gasteiger partial charge < -0.3 is 24.1 Å². The van der Waals surface area contributed by atoms with Crippen molar-refractivity contribution in [3.8, 4) is 6.07 Å². The van der Waals surface area contributed by atoms with Crippen molar-refractivity contribution in [1.29, 1.82) is 5.26 Å². The van der Waals surface area contributed by atoms with Crippen LogP contribution in [0.3, 0.4) is 0 Å². The van der Waals surface area contributed by atoms with Gasteiger partial charge in [0.25, 0.3) is 5.91 Å². The molecule has 2 amide bonds. The van der Waals surface area contributed by atoms with Gasteiger partial charge in [-0.1, -0.05) is 25.0 Å². The molecule has 4 rings (SSSR count). The molecule has 1 N–H and O–H groups in total. The Balaban J connectivity index is 1.39. The first-order valence-electron chi connectivity index (χ1n) is 10.8. The van der Waals surface area contributed by atoms with Gasteiger partial charge in [0.05, 0.1) is 18.6 Å². The van der Waals surface area contributed by atoms with Crippen LogP contribution in [0.5, 0.6) is 0 Å². The highest BCUT2D eigenvalue weighted by molar-refractivity contribution is 6.03. The molecule has 1 saturated carbocycles. The molecule has 0 unspecified atom stereocenters. The third kappa shape index (κ3) is 4.46. The second kappa shape index (κ2) is 9.40. The number of carbonyl (C=O) groups excluding carboxylic acids is 3. The number of benzene rings is 1. The van der Waals surface area contributed by atoms with E-state index in [1.54, 1.807) is 29.2 Å². The van der Waals surface area contributed by atoms with Gasteiger partial charge in [0.1, 0.15) is 17.3 Å². The number of rotatable bonds is 6. The summed E-state index contributed by atoms with van der Waals surface area (Å²) < 4.78 is 16.1. The molecule has 1 aromatic heterocycles. The lowest BCUT2D eigenvalue weighted by molar-refractivity contribution is -0.161. The van der Waals surface area contributed by atoms with E-state index in [4.69, 9.17) is 13.9 Å². The molecule has 0 radical (unpaired) electrons. The molecule has 2 aromatic rings. The molecule has 1 aliphatic carbocycles. The van der Waals surface area contributed by atoms with E-state index in [2.05, 4.69) is 5.32 Å². The Bertz CT molecular complexity index is 1060. The molecule has 2 heterocycles. The number of amides is 2. The average Bonchev–Trinajstić information content (AvgIpc) is 3.43. The summed E-state index contributed by atoms with van der Waals surface area (Å²) in [4.78, 5) is 39.9. The summed E-state index contributed by atoms with van der Waals surface area (Å²) in [6.45, 7) is 1.53. The first-order chi connectivity index (χ1) is 15.5. The van der Waals surface area contributed by atoms with Crippen molar-refractivity contribution >= 4 is 34.4 Å². The van der Waals surface area contributed by atoms with E-state index in [0.717, 1.165) is 12.8 Å². The second-order valence-corrected chi connectivity index (χ2v) is 8.20. The van der Waals surface area contributed by atoms with Gasteiger partial charge in [-0.25, -0.2) is 0 Å². The molecule has 0 spiro atoms. The number of furan rings is 1. The molecule has 9 nitrogen and oxygen atoms in total. The predicted octanol–water partition coefficient (Wildman–Crippen LogP) is 2.60. The maximum atomic E-state index is 13.0. The molecule has 32 heavy (non-hydrogen) atoms. The van der Waals surface area contributed by atoms with Crippen LogP contribution in [0, 0.1) is 16.7 Å². The first-order valence-corrected chi connectivity index (χ1v) is 10.8. The highest BCUT2D eigenvalue weighted by atomic mass is 16.5. The van der Waals surface area contributed by atoms with Crippen LogP contribution in [-0.2, 0) is 23.9 Å². The van der Waals surface area contributed by atoms with Crippen molar-refractivity contribution in [2.24, 2.45) is 5.41 Å². The SMILES string of the molecule is N#Cc1oc2ccccc2c1NC(=O)COC(=O)C1(CC(=O)N2CCOCC2)CCCC1. The molecular formula is C23H25N3O6. The molecule has 168 valence electrons. The molecule has 0 atom stereocenters. The van der Waals surface area contributed by atoms with Crippen molar-refractivity contribution in [3.05, 3.63) is 30.0 Å². The van der Waals surface area contributed by atoms with Crippen LogP contribution in [0.15, 0.2) is 28.7 Å². The molecule has 1 saturated heterocycles. The summed E-state index contributed by atoms with van der Waals surface area (Å²) >= 11 is 0. The Morgan fingerprint density at radius 1 is 1.16 bits per heavy atom. The molecule has 2 fully saturated rings. The monoisotopic (exact) mass is 439 g/mol. The van der Waals surface area contributed by atoms with E-state index in [1.807, 2.05) is 6.07 Å². The Morgan fingerprint density at radius 3 is 2.59 bits per heavy atom. The van der Waals surface area contributed by atoms with Crippen molar-refractivity contribution in [1.82, 2.24) is 4.90 Å². The number of hydrogen-bond acceptors (Lipinski definition) is 7. The topological polar surface area (TPSA) is 122 Å². The fourth-order valence-corrected chi connectivity index (χ4v) is 4.43. The van der Waals surface area contributed by atoms with E-state index in [1.165, 1.54) is 0 Å². The van der Waals surface area contributed by atoms with Crippen LogP contribution in [0.4, 0.5) is 5.69 Å². The minimum absolute atomic E-state index is 0.0192. The summed E-state index contributed by atoms with van der Waals surface area (Å²) in [6, 6.07) is 8.87. The van der Waals surface area contributed by atoms with Crippen LogP contribution in [0.25, 0.3) is 11.0 Å². The zero-order valence-corrected chi connectivity index (χ0v) is 17.7. The van der Waals surface area contributed by atoms with Gasteiger partial charge in [-0.05, 0) is 25.0 Å². The maximum Gasteiger partial charge on any atom is 0.313 e. The Morgan fingerprint density at radius 2 is 1.88 bits per heavy atom. The second-order valence-electron chi connectivity index (χ2n) is 8.20. The van der Waals surface area contributed by atoms with Gasteiger partial charge in [-0.3, -0.25) is 14.4 Å². The number of para-hydroxylation sites is 1. The van der Waals surface area contributed by atoms with Crippen molar-refractivity contribution in [2.75, 3.05) is 38.2 Å².